The van der Waals surface area contributed by atoms with Crippen molar-refractivity contribution >= 4 is 74.1 Å². The zero-order valence-electron chi connectivity index (χ0n) is 35.5. The van der Waals surface area contributed by atoms with E-state index in [9.17, 15) is 0 Å². The van der Waals surface area contributed by atoms with Gasteiger partial charge in [-0.3, -0.25) is 0 Å². The maximum Gasteiger partial charge on any atom is 0.00405 e. The SMILES string of the molecule is [C-]#[O+].[C-]#[O+].[C-]#[O+].[C-]#[O+].[C-]#[O+].[Ru].[Ru].c1ccc(P(CP(c2ccccc2)c2ccccc2)c2ccccc2)cc1.c1ccc(P(CP(c2ccccc2)c2ccccc2)c2ccccc2)cc1. The molecule has 0 spiro atoms. The van der Waals surface area contributed by atoms with Crippen LogP contribution < -0.4 is 42.4 Å². The van der Waals surface area contributed by atoms with E-state index < -0.39 is 31.7 Å². The van der Waals surface area contributed by atoms with E-state index in [1.54, 1.807) is 0 Å². The summed E-state index contributed by atoms with van der Waals surface area (Å²) < 4.78 is 37.5. The molecular weight excluding hydrogens is 1070 g/mol. The Morgan fingerprint density at radius 1 is 0.197 bits per heavy atom. The Morgan fingerprint density at radius 2 is 0.288 bits per heavy atom. The van der Waals surface area contributed by atoms with E-state index in [1.807, 2.05) is 0 Å². The summed E-state index contributed by atoms with van der Waals surface area (Å²) in [6, 6.07) is 88.3. The molecule has 8 aromatic carbocycles. The summed E-state index contributed by atoms with van der Waals surface area (Å²) in [5, 5.41) is 11.7. The van der Waals surface area contributed by atoms with Gasteiger partial charge in [-0.05, 0) is 74.1 Å². The molecule has 0 heterocycles. The maximum atomic E-state index is 7.50. The van der Waals surface area contributed by atoms with Crippen molar-refractivity contribution < 1.29 is 62.2 Å². The Bertz CT molecular complexity index is 1970. The van der Waals surface area contributed by atoms with Crippen LogP contribution in [0.2, 0.25) is 0 Å². The molecule has 8 rings (SSSR count). The van der Waals surface area contributed by atoms with Gasteiger partial charge in [-0.15, -0.1) is 0 Å². The first kappa shape index (κ1) is 61.4. The Morgan fingerprint density at radius 3 is 0.379 bits per heavy atom. The van der Waals surface area contributed by atoms with Gasteiger partial charge in [0.05, 0.1) is 0 Å². The molecule has 0 aliphatic carbocycles. The summed E-state index contributed by atoms with van der Waals surface area (Å²) in [5.41, 5.74) is 0. The topological polar surface area (TPSA) is 99.5 Å². The third kappa shape index (κ3) is 20.5. The molecule has 8 aromatic rings. The van der Waals surface area contributed by atoms with Crippen molar-refractivity contribution in [3.63, 3.8) is 0 Å². The van der Waals surface area contributed by atoms with Gasteiger partial charge in [-0.1, -0.05) is 243 Å². The van der Waals surface area contributed by atoms with Gasteiger partial charge in [0.15, 0.2) is 0 Å². The summed E-state index contributed by atoms with van der Waals surface area (Å²) in [5.74, 6) is 2.35. The average Bonchev–Trinajstić information content (AvgIpc) is 3.42. The van der Waals surface area contributed by atoms with E-state index in [0.29, 0.717) is 0 Å². The van der Waals surface area contributed by atoms with Crippen molar-refractivity contribution in [1.29, 1.82) is 0 Å². The number of hydrogen-bond donors (Lipinski definition) is 0. The number of hydrogen-bond acceptors (Lipinski definition) is 0. The van der Waals surface area contributed by atoms with Crippen molar-refractivity contribution in [1.82, 2.24) is 0 Å². The molecule has 0 aliphatic rings. The van der Waals surface area contributed by atoms with Crippen LogP contribution in [-0.2, 0) is 62.2 Å². The van der Waals surface area contributed by atoms with Gasteiger partial charge in [0.2, 0.25) is 0 Å². The quantitative estimate of drug-likeness (QED) is 0.0504. The first-order chi connectivity index (χ1) is 31.8. The molecule has 0 saturated heterocycles. The molecule has 0 radical (unpaired) electrons. The molecule has 0 saturated carbocycles. The Hall–Kier alpha value is -4.57. The van der Waals surface area contributed by atoms with Gasteiger partial charge in [0.1, 0.15) is 0 Å². The smallest absolute Gasteiger partial charge is 0.00405 e. The average molecular weight is 1110 g/mol. The van der Waals surface area contributed by atoms with Crippen molar-refractivity contribution in [2.45, 2.75) is 0 Å². The van der Waals surface area contributed by atoms with E-state index >= 15 is 0 Å². The van der Waals surface area contributed by atoms with Crippen LogP contribution in [0.25, 0.3) is 0 Å². The minimum absolute atomic E-state index is 0. The van der Waals surface area contributed by atoms with Crippen LogP contribution in [0.3, 0.4) is 0 Å². The molecule has 330 valence electrons. The third-order valence-electron chi connectivity index (χ3n) is 9.11. The van der Waals surface area contributed by atoms with Gasteiger partial charge in [-0.25, -0.2) is 0 Å². The minimum Gasteiger partial charge on any atom is -0.0622 e. The van der Waals surface area contributed by atoms with Gasteiger partial charge in [-0.2, -0.15) is 0 Å². The molecule has 0 aromatic heterocycles. The predicted molar refractivity (Wildman–Crippen MR) is 266 cm³/mol. The third-order valence-corrected chi connectivity index (χ3v) is 21.0. The molecule has 66 heavy (non-hydrogen) atoms. The molecule has 0 amide bonds. The van der Waals surface area contributed by atoms with E-state index in [-0.39, 0.29) is 39.0 Å². The summed E-state index contributed by atoms with van der Waals surface area (Å²) in [4.78, 5) is 0. The zero-order valence-corrected chi connectivity index (χ0v) is 42.6. The van der Waals surface area contributed by atoms with Crippen LogP contribution in [0.4, 0.5) is 0 Å². The molecule has 0 fully saturated rings. The van der Waals surface area contributed by atoms with Crippen LogP contribution in [0, 0.1) is 33.3 Å². The van der Waals surface area contributed by atoms with Gasteiger partial charge < -0.3 is 0 Å². The van der Waals surface area contributed by atoms with Crippen LogP contribution in [-0.4, -0.2) is 11.8 Å². The first-order valence-electron chi connectivity index (χ1n) is 19.4. The molecule has 0 atom stereocenters. The molecule has 0 unspecified atom stereocenters. The first-order valence-corrected chi connectivity index (χ1v) is 25.5. The Balaban J connectivity index is 0.00000105. The van der Waals surface area contributed by atoms with Crippen molar-refractivity contribution in [2.24, 2.45) is 0 Å². The molecule has 0 N–H and O–H groups in total. The fourth-order valence-electron chi connectivity index (χ4n) is 6.40. The zero-order chi connectivity index (χ0) is 46.6. The van der Waals surface area contributed by atoms with E-state index in [4.69, 9.17) is 23.3 Å². The second kappa shape index (κ2) is 39.6. The molecule has 0 aliphatic heterocycles. The summed E-state index contributed by atoms with van der Waals surface area (Å²) in [6.07, 6.45) is 0. The molecule has 0 bridgehead atoms. The van der Waals surface area contributed by atoms with Crippen molar-refractivity contribution in [3.05, 3.63) is 276 Å². The van der Waals surface area contributed by atoms with Crippen LogP contribution in [0.5, 0.6) is 0 Å². The van der Waals surface area contributed by atoms with E-state index in [0.717, 1.165) is 0 Å². The largest absolute Gasteiger partial charge is 0.0622 e. The molecule has 11 heteroatoms. The van der Waals surface area contributed by atoms with Gasteiger partial charge in [0.25, 0.3) is 0 Å². The van der Waals surface area contributed by atoms with Crippen LogP contribution in [0.1, 0.15) is 0 Å². The maximum absolute atomic E-state index is 7.50. The normalized spacial score (nSPS) is 9.18. The van der Waals surface area contributed by atoms with Crippen LogP contribution >= 0.6 is 31.7 Å². The molecular formula is C55H44O5P4Ru2. The van der Waals surface area contributed by atoms with Gasteiger partial charge >= 0.3 is 56.5 Å². The Kier molecular flexibility index (Phi) is 36.8. The van der Waals surface area contributed by atoms with Crippen molar-refractivity contribution in [3.8, 4) is 0 Å². The second-order valence-corrected chi connectivity index (χ2v) is 22.5. The van der Waals surface area contributed by atoms with E-state index in [1.165, 1.54) is 54.2 Å². The number of rotatable bonds is 12. The summed E-state index contributed by atoms with van der Waals surface area (Å²) in [7, 11) is -1.63. The summed E-state index contributed by atoms with van der Waals surface area (Å²) >= 11 is 0. The number of benzene rings is 8. The van der Waals surface area contributed by atoms with Crippen LogP contribution in [0.15, 0.2) is 243 Å². The fraction of sp³-hybridized carbons (Fsp3) is 0.0364. The fourth-order valence-corrected chi connectivity index (χ4v) is 19.3. The second-order valence-electron chi connectivity index (χ2n) is 12.7. The minimum atomic E-state index is -0.409. The molecule has 5 nitrogen and oxygen atoms in total. The van der Waals surface area contributed by atoms with Gasteiger partial charge in [0, 0.05) is 50.8 Å². The predicted octanol–water partition coefficient (Wildman–Crippen LogP) is 10.2. The van der Waals surface area contributed by atoms with Crippen molar-refractivity contribution in [2.75, 3.05) is 11.8 Å². The monoisotopic (exact) mass is 1110 g/mol. The summed E-state index contributed by atoms with van der Waals surface area (Å²) in [6.45, 7) is 22.5. The standard InChI is InChI=1S/2C25H22P2.5CO.2Ru/c2*1-5-13-22(14-6-1)26(23-15-7-2-8-16-23)21-27(24-17-9-3-10-18-24)25-19-11-4-12-20-25;5*1-2;;/h2*1-20H,21H2;;;;;;;. The Labute approximate surface area is 421 Å². The van der Waals surface area contributed by atoms with E-state index in [2.05, 4.69) is 276 Å².